The van der Waals surface area contributed by atoms with E-state index in [-0.39, 0.29) is 13.2 Å². The fraction of sp³-hybridized carbons (Fsp3) is 0.529. The van der Waals surface area contributed by atoms with E-state index in [1.54, 1.807) is 39.0 Å². The number of nitrogens with zero attached hydrogens (tertiary/aromatic N) is 1. The van der Waals surface area contributed by atoms with Crippen LogP contribution in [0.3, 0.4) is 0 Å². The van der Waals surface area contributed by atoms with Crippen LogP contribution in [-0.2, 0) is 19.0 Å². The van der Waals surface area contributed by atoms with Gasteiger partial charge in [0.1, 0.15) is 30.0 Å². The number of benzene rings is 1. The third-order valence-corrected chi connectivity index (χ3v) is 3.42. The molecule has 0 aliphatic carbocycles. The summed E-state index contributed by atoms with van der Waals surface area (Å²) in [5, 5.41) is 11.3. The first kappa shape index (κ1) is 21.6. The Morgan fingerprint density at radius 1 is 1.20 bits per heavy atom. The van der Waals surface area contributed by atoms with Crippen LogP contribution in [-0.4, -0.2) is 44.6 Å². The third kappa shape index (κ3) is 10.2. The average Bonchev–Trinajstić information content (AvgIpc) is 2.50. The van der Waals surface area contributed by atoms with E-state index in [0.29, 0.717) is 35.5 Å². The van der Waals surface area contributed by atoms with Crippen molar-refractivity contribution in [3.8, 4) is 11.2 Å². The van der Waals surface area contributed by atoms with Gasteiger partial charge in [-0.1, -0.05) is 11.6 Å². The Morgan fingerprint density at radius 2 is 1.88 bits per heavy atom. The molecule has 0 fully saturated rings. The summed E-state index contributed by atoms with van der Waals surface area (Å²) in [5.41, 5.74) is -0.515. The highest BCUT2D eigenvalue weighted by Gasteiger charge is 2.15. The zero-order valence-electron chi connectivity index (χ0n) is 14.5. The van der Waals surface area contributed by atoms with Gasteiger partial charge in [-0.25, -0.2) is 4.79 Å². The van der Waals surface area contributed by atoms with Crippen molar-refractivity contribution in [1.29, 1.82) is 5.26 Å². The number of esters is 1. The number of halogens is 1. The highest BCUT2D eigenvalue weighted by Crippen LogP contribution is 2.31. The van der Waals surface area contributed by atoms with E-state index in [2.05, 4.69) is 0 Å². The summed E-state index contributed by atoms with van der Waals surface area (Å²) in [6.07, 6.45) is 0. The Labute approximate surface area is 157 Å². The Kier molecular flexibility index (Phi) is 9.68. The van der Waals surface area contributed by atoms with Crippen molar-refractivity contribution in [2.75, 3.05) is 33.0 Å². The van der Waals surface area contributed by atoms with E-state index in [0.717, 1.165) is 11.8 Å². The smallest absolute Gasteiger partial charge is 0.332 e. The molecule has 0 radical (unpaired) electrons. The lowest BCUT2D eigenvalue weighted by Gasteiger charge is -2.19. The third-order valence-electron chi connectivity index (χ3n) is 2.56. The van der Waals surface area contributed by atoms with Crippen molar-refractivity contribution in [3.63, 3.8) is 0 Å². The van der Waals surface area contributed by atoms with Crippen LogP contribution < -0.4 is 4.74 Å². The van der Waals surface area contributed by atoms with Crippen LogP contribution in [0.4, 0.5) is 0 Å². The molecule has 0 atom stereocenters. The maximum Gasteiger partial charge on any atom is 0.332 e. The Morgan fingerprint density at radius 3 is 2.56 bits per heavy atom. The maximum absolute atomic E-state index is 11.4. The lowest BCUT2D eigenvalue weighted by molar-refractivity contribution is -0.160. The number of thiocyanates is 1. The average molecular weight is 388 g/mol. The van der Waals surface area contributed by atoms with Crippen LogP contribution in [0.2, 0.25) is 5.02 Å². The van der Waals surface area contributed by atoms with Gasteiger partial charge < -0.3 is 18.9 Å². The lowest BCUT2D eigenvalue weighted by Crippen LogP contribution is -2.27. The summed E-state index contributed by atoms with van der Waals surface area (Å²) < 4.78 is 21.2. The molecule has 138 valence electrons. The minimum absolute atomic E-state index is 0.101. The Hall–Kier alpha value is -1.46. The van der Waals surface area contributed by atoms with E-state index < -0.39 is 11.6 Å². The summed E-state index contributed by atoms with van der Waals surface area (Å²) >= 11 is 6.88. The van der Waals surface area contributed by atoms with E-state index in [1.165, 1.54) is 0 Å². The monoisotopic (exact) mass is 387 g/mol. The van der Waals surface area contributed by atoms with E-state index in [9.17, 15) is 4.79 Å². The molecule has 6 nitrogen and oxygen atoms in total. The van der Waals surface area contributed by atoms with Gasteiger partial charge in [0.2, 0.25) is 0 Å². The summed E-state index contributed by atoms with van der Waals surface area (Å²) in [4.78, 5) is 12.1. The first-order valence-corrected chi connectivity index (χ1v) is 8.87. The van der Waals surface area contributed by atoms with Gasteiger partial charge in [-0.2, -0.15) is 5.26 Å². The lowest BCUT2D eigenvalue weighted by atomic mass is 10.2. The van der Waals surface area contributed by atoms with Crippen molar-refractivity contribution in [2.45, 2.75) is 31.3 Å². The second kappa shape index (κ2) is 11.2. The van der Waals surface area contributed by atoms with Crippen LogP contribution >= 0.6 is 23.4 Å². The maximum atomic E-state index is 11.4. The minimum Gasteiger partial charge on any atom is -0.490 e. The number of rotatable bonds is 10. The van der Waals surface area contributed by atoms with Crippen LogP contribution in [0.1, 0.15) is 20.8 Å². The van der Waals surface area contributed by atoms with Crippen LogP contribution in [0.5, 0.6) is 5.75 Å². The SMILES string of the molecule is CC(C)(C)OC(=O)COCCOCCOc1ccc(Cl)cc1SC#N. The van der Waals surface area contributed by atoms with Gasteiger partial charge in [0.05, 0.1) is 24.7 Å². The topological polar surface area (TPSA) is 77.8 Å². The van der Waals surface area contributed by atoms with Gasteiger partial charge in [0, 0.05) is 5.02 Å². The van der Waals surface area contributed by atoms with Gasteiger partial charge in [-0.3, -0.25) is 0 Å². The molecule has 1 aromatic rings. The zero-order chi connectivity index (χ0) is 18.7. The standard InChI is InChI=1S/C17H22ClNO5S/c1-17(2,3)24-16(20)11-22-7-6-21-8-9-23-14-5-4-13(18)10-15(14)25-12-19/h4-5,10H,6-9,11H2,1-3H3. The summed E-state index contributed by atoms with van der Waals surface area (Å²) in [5.74, 6) is 0.182. The number of thioether (sulfide) groups is 1. The second-order valence-electron chi connectivity index (χ2n) is 5.88. The molecule has 1 rings (SSSR count). The van der Waals surface area contributed by atoms with E-state index in [1.807, 2.05) is 5.40 Å². The molecule has 25 heavy (non-hydrogen) atoms. The Bertz CT molecular complexity index is 598. The molecule has 0 aliphatic rings. The molecule has 0 aliphatic heterocycles. The zero-order valence-corrected chi connectivity index (χ0v) is 16.1. The highest BCUT2D eigenvalue weighted by molar-refractivity contribution is 8.03. The molecule has 0 saturated carbocycles. The molecule has 8 heteroatoms. The van der Waals surface area contributed by atoms with Crippen molar-refractivity contribution >= 4 is 29.3 Å². The molecular formula is C17H22ClNO5S. The molecule has 1 aromatic carbocycles. The second-order valence-corrected chi connectivity index (χ2v) is 7.15. The number of hydrogen-bond donors (Lipinski definition) is 0. The summed E-state index contributed by atoms with van der Waals surface area (Å²) in [7, 11) is 0. The fourth-order valence-electron chi connectivity index (χ4n) is 1.69. The number of carbonyl (C=O) groups is 1. The molecule has 0 N–H and O–H groups in total. The molecular weight excluding hydrogens is 366 g/mol. The first-order valence-electron chi connectivity index (χ1n) is 7.67. The van der Waals surface area contributed by atoms with Gasteiger partial charge in [-0.15, -0.1) is 0 Å². The minimum atomic E-state index is -0.515. The molecule has 0 saturated heterocycles. The predicted octanol–water partition coefficient (Wildman–Crippen LogP) is 3.67. The molecule has 0 aromatic heterocycles. The van der Waals surface area contributed by atoms with Crippen molar-refractivity contribution in [2.24, 2.45) is 0 Å². The number of nitriles is 1. The predicted molar refractivity (Wildman–Crippen MR) is 95.9 cm³/mol. The molecule has 0 heterocycles. The van der Waals surface area contributed by atoms with Gasteiger partial charge in [-0.05, 0) is 50.7 Å². The fourth-order valence-corrected chi connectivity index (χ4v) is 2.44. The molecule has 0 unspecified atom stereocenters. The van der Waals surface area contributed by atoms with Crippen LogP contribution in [0, 0.1) is 10.7 Å². The van der Waals surface area contributed by atoms with Gasteiger partial charge >= 0.3 is 5.97 Å². The van der Waals surface area contributed by atoms with Crippen molar-refractivity contribution in [1.82, 2.24) is 0 Å². The number of hydrogen-bond acceptors (Lipinski definition) is 7. The highest BCUT2D eigenvalue weighted by atomic mass is 35.5. The Balaban J connectivity index is 2.13. The quantitative estimate of drug-likeness (QED) is 0.262. The summed E-state index contributed by atoms with van der Waals surface area (Å²) in [6.45, 7) is 6.61. The molecule has 0 bridgehead atoms. The van der Waals surface area contributed by atoms with Crippen LogP contribution in [0.15, 0.2) is 23.1 Å². The van der Waals surface area contributed by atoms with E-state index in [4.69, 9.17) is 35.8 Å². The van der Waals surface area contributed by atoms with Crippen molar-refractivity contribution < 1.29 is 23.7 Å². The van der Waals surface area contributed by atoms with E-state index >= 15 is 0 Å². The molecule has 0 spiro atoms. The normalized spacial score (nSPS) is 11.0. The van der Waals surface area contributed by atoms with Gasteiger partial charge in [0.25, 0.3) is 0 Å². The van der Waals surface area contributed by atoms with Crippen LogP contribution in [0.25, 0.3) is 0 Å². The number of carbonyl (C=O) groups excluding carboxylic acids is 1. The largest absolute Gasteiger partial charge is 0.490 e. The number of ether oxygens (including phenoxy) is 4. The first-order chi connectivity index (χ1) is 11.8. The van der Waals surface area contributed by atoms with Crippen molar-refractivity contribution in [3.05, 3.63) is 23.2 Å². The van der Waals surface area contributed by atoms with Gasteiger partial charge in [0.15, 0.2) is 0 Å². The molecule has 0 amide bonds. The summed E-state index contributed by atoms with van der Waals surface area (Å²) in [6, 6.07) is 5.09.